The molecule has 0 fully saturated rings. The molecule has 3 atom stereocenters. The van der Waals surface area contributed by atoms with Gasteiger partial charge in [-0.2, -0.15) is 0 Å². The fourth-order valence-electron chi connectivity index (χ4n) is 4.14. The summed E-state index contributed by atoms with van der Waals surface area (Å²) >= 11 is 0. The summed E-state index contributed by atoms with van der Waals surface area (Å²) < 4.78 is 11.9. The highest BCUT2D eigenvalue weighted by molar-refractivity contribution is 5.85. The summed E-state index contributed by atoms with van der Waals surface area (Å²) in [6.07, 6.45) is 4.24. The van der Waals surface area contributed by atoms with Crippen LogP contribution in [0.5, 0.6) is 5.75 Å². The third kappa shape index (κ3) is 1.70. The Balaban J connectivity index is 1.77. The van der Waals surface area contributed by atoms with E-state index in [0.717, 1.165) is 5.39 Å². The number of rotatable bonds is 1. The molecule has 0 N–H and O–H groups in total. The van der Waals surface area contributed by atoms with Crippen molar-refractivity contribution in [2.75, 3.05) is 0 Å². The molecule has 118 valence electrons. The van der Waals surface area contributed by atoms with Crippen molar-refractivity contribution < 1.29 is 9.15 Å². The molecule has 3 unspecified atom stereocenters. The van der Waals surface area contributed by atoms with Crippen LogP contribution in [0, 0.1) is 0 Å². The van der Waals surface area contributed by atoms with E-state index in [9.17, 15) is 4.79 Å². The van der Waals surface area contributed by atoms with Gasteiger partial charge in [-0.25, -0.2) is 4.79 Å². The first-order valence-electron chi connectivity index (χ1n) is 8.16. The Morgan fingerprint density at radius 3 is 2.58 bits per heavy atom. The average Bonchev–Trinajstić information content (AvgIpc) is 3.08. The van der Waals surface area contributed by atoms with Gasteiger partial charge in [-0.15, -0.1) is 0 Å². The van der Waals surface area contributed by atoms with E-state index in [2.05, 4.69) is 24.3 Å². The molecule has 0 saturated heterocycles. The predicted octanol–water partition coefficient (Wildman–Crippen LogP) is 4.38. The molecule has 1 aromatic heterocycles. The molecule has 2 aliphatic rings. The van der Waals surface area contributed by atoms with E-state index in [1.807, 2.05) is 43.3 Å². The fraction of sp³-hybridized carbons (Fsp3) is 0.190. The van der Waals surface area contributed by atoms with Crippen molar-refractivity contribution in [1.29, 1.82) is 0 Å². The average molecular weight is 316 g/mol. The van der Waals surface area contributed by atoms with Gasteiger partial charge in [0.2, 0.25) is 0 Å². The van der Waals surface area contributed by atoms with E-state index in [4.69, 9.17) is 9.15 Å². The second-order valence-corrected chi connectivity index (χ2v) is 6.69. The molecule has 2 aromatic carbocycles. The molecule has 3 heteroatoms. The Morgan fingerprint density at radius 2 is 1.75 bits per heavy atom. The van der Waals surface area contributed by atoms with Gasteiger partial charge in [0.1, 0.15) is 16.9 Å². The maximum atomic E-state index is 12.7. The number of fused-ring (bicyclic) bond motifs is 5. The van der Waals surface area contributed by atoms with E-state index in [1.54, 1.807) is 6.07 Å². The second kappa shape index (κ2) is 4.60. The monoisotopic (exact) mass is 316 g/mol. The highest BCUT2D eigenvalue weighted by Gasteiger charge is 2.53. The van der Waals surface area contributed by atoms with Crippen LogP contribution in [0.2, 0.25) is 0 Å². The minimum atomic E-state index is -0.512. The highest BCUT2D eigenvalue weighted by atomic mass is 16.5. The van der Waals surface area contributed by atoms with E-state index in [1.165, 1.54) is 5.56 Å². The molecular weight excluding hydrogens is 300 g/mol. The van der Waals surface area contributed by atoms with Crippen LogP contribution in [0.15, 0.2) is 76.0 Å². The zero-order valence-corrected chi connectivity index (χ0v) is 13.2. The fourth-order valence-corrected chi connectivity index (χ4v) is 4.14. The van der Waals surface area contributed by atoms with Crippen LogP contribution in [0.25, 0.3) is 11.0 Å². The van der Waals surface area contributed by atoms with Crippen molar-refractivity contribution in [3.05, 3.63) is 88.3 Å². The topological polar surface area (TPSA) is 39.4 Å². The van der Waals surface area contributed by atoms with Crippen LogP contribution in [0.3, 0.4) is 0 Å². The quantitative estimate of drug-likeness (QED) is 0.494. The maximum absolute atomic E-state index is 12.7. The van der Waals surface area contributed by atoms with E-state index in [0.29, 0.717) is 16.9 Å². The Hall–Kier alpha value is -2.81. The lowest BCUT2D eigenvalue weighted by Gasteiger charge is -2.26. The molecule has 1 aliphatic carbocycles. The molecule has 3 aromatic rings. The first-order chi connectivity index (χ1) is 11.7. The number of hydrogen-bond acceptors (Lipinski definition) is 3. The molecule has 5 rings (SSSR count). The van der Waals surface area contributed by atoms with Crippen LogP contribution < -0.4 is 10.4 Å². The summed E-state index contributed by atoms with van der Waals surface area (Å²) in [7, 11) is 0. The third-order valence-corrected chi connectivity index (χ3v) is 5.23. The Morgan fingerprint density at radius 1 is 1.00 bits per heavy atom. The summed E-state index contributed by atoms with van der Waals surface area (Å²) in [4.78, 5) is 12.7. The molecule has 0 saturated carbocycles. The van der Waals surface area contributed by atoms with Crippen molar-refractivity contribution in [1.82, 2.24) is 0 Å². The van der Waals surface area contributed by atoms with Crippen LogP contribution >= 0.6 is 0 Å². The van der Waals surface area contributed by atoms with Crippen LogP contribution in [0.4, 0.5) is 0 Å². The highest BCUT2D eigenvalue weighted by Crippen LogP contribution is 2.56. The third-order valence-electron chi connectivity index (χ3n) is 5.23. The Bertz CT molecular complexity index is 1030. The SMILES string of the molecule is CC12C=CC(c3ccccc3)C1c1c(c3ccccc3oc1=O)O2. The smallest absolute Gasteiger partial charge is 0.343 e. The second-order valence-electron chi connectivity index (χ2n) is 6.69. The first-order valence-corrected chi connectivity index (χ1v) is 8.16. The van der Waals surface area contributed by atoms with E-state index >= 15 is 0 Å². The van der Waals surface area contributed by atoms with Gasteiger partial charge in [0.05, 0.1) is 10.9 Å². The Kier molecular flexibility index (Phi) is 2.61. The summed E-state index contributed by atoms with van der Waals surface area (Å²) in [5.41, 5.74) is 1.62. The van der Waals surface area contributed by atoms with Crippen LogP contribution in [0.1, 0.15) is 29.9 Å². The van der Waals surface area contributed by atoms with Gasteiger partial charge in [-0.05, 0) is 30.7 Å². The number of ether oxygens (including phenoxy) is 1. The minimum Gasteiger partial charge on any atom is -0.481 e. The summed E-state index contributed by atoms with van der Waals surface area (Å²) in [6.45, 7) is 2.05. The molecule has 0 spiro atoms. The van der Waals surface area contributed by atoms with Crippen molar-refractivity contribution in [2.45, 2.75) is 24.4 Å². The number of benzene rings is 2. The Labute approximate surface area is 139 Å². The maximum Gasteiger partial charge on any atom is 0.343 e. The largest absolute Gasteiger partial charge is 0.481 e. The summed E-state index contributed by atoms with van der Waals surface area (Å²) in [6, 6.07) is 17.8. The van der Waals surface area contributed by atoms with Gasteiger partial charge >= 0.3 is 5.63 Å². The molecule has 0 amide bonds. The van der Waals surface area contributed by atoms with Crippen molar-refractivity contribution >= 4 is 11.0 Å². The minimum absolute atomic E-state index is 0.0595. The van der Waals surface area contributed by atoms with Gasteiger partial charge in [0.25, 0.3) is 0 Å². The number of hydrogen-bond donors (Lipinski definition) is 0. The van der Waals surface area contributed by atoms with E-state index in [-0.39, 0.29) is 17.5 Å². The molecular formula is C21H16O3. The van der Waals surface area contributed by atoms with Gasteiger partial charge in [-0.1, -0.05) is 48.5 Å². The number of para-hydroxylation sites is 1. The van der Waals surface area contributed by atoms with Crippen molar-refractivity contribution in [3.63, 3.8) is 0 Å². The lowest BCUT2D eigenvalue weighted by molar-refractivity contribution is 0.149. The van der Waals surface area contributed by atoms with Crippen LogP contribution in [-0.2, 0) is 0 Å². The zero-order chi connectivity index (χ0) is 16.3. The lowest BCUT2D eigenvalue weighted by atomic mass is 9.79. The van der Waals surface area contributed by atoms with Crippen LogP contribution in [-0.4, -0.2) is 5.60 Å². The van der Waals surface area contributed by atoms with Gasteiger partial charge < -0.3 is 9.15 Å². The molecule has 24 heavy (non-hydrogen) atoms. The zero-order valence-electron chi connectivity index (χ0n) is 13.2. The first kappa shape index (κ1) is 13.6. The standard InChI is InChI=1S/C21H16O3/c1-21-12-11-14(13-7-3-2-4-8-13)18(21)17-19(24-21)15-9-5-6-10-16(15)23-20(17)22/h2-12,14,18H,1H3. The summed E-state index contributed by atoms with van der Waals surface area (Å²) in [5.74, 6) is 0.733. The van der Waals surface area contributed by atoms with Gasteiger partial charge in [0, 0.05) is 11.8 Å². The lowest BCUT2D eigenvalue weighted by Crippen LogP contribution is -2.31. The molecule has 2 heterocycles. The normalized spacial score (nSPS) is 27.0. The van der Waals surface area contributed by atoms with E-state index < -0.39 is 5.60 Å². The van der Waals surface area contributed by atoms with Crippen molar-refractivity contribution in [3.8, 4) is 5.75 Å². The number of allylic oxidation sites excluding steroid dienone is 1. The predicted molar refractivity (Wildman–Crippen MR) is 92.6 cm³/mol. The molecule has 0 radical (unpaired) electrons. The molecule has 1 aliphatic heterocycles. The van der Waals surface area contributed by atoms with Crippen molar-refractivity contribution in [2.24, 2.45) is 0 Å². The van der Waals surface area contributed by atoms with Gasteiger partial charge in [-0.3, -0.25) is 0 Å². The molecule has 0 bridgehead atoms. The molecule has 3 nitrogen and oxygen atoms in total. The summed E-state index contributed by atoms with van der Waals surface area (Å²) in [5, 5.41) is 0.864. The van der Waals surface area contributed by atoms with Gasteiger partial charge in [0.15, 0.2) is 0 Å².